The zero-order valence-electron chi connectivity index (χ0n) is 16.2. The Bertz CT molecular complexity index is 1190. The molecule has 0 aliphatic carbocycles. The van der Waals surface area contributed by atoms with E-state index in [9.17, 15) is 8.42 Å². The van der Waals surface area contributed by atoms with Gasteiger partial charge in [0.15, 0.2) is 0 Å². The average Bonchev–Trinajstić information content (AvgIpc) is 3.26. The van der Waals surface area contributed by atoms with Gasteiger partial charge >= 0.3 is 0 Å². The molecule has 2 aromatic carbocycles. The van der Waals surface area contributed by atoms with Crippen LogP contribution in [0.5, 0.6) is 11.5 Å². The molecule has 2 heterocycles. The molecule has 0 bridgehead atoms. The first-order valence-corrected chi connectivity index (χ1v) is 10.4. The Hall–Kier alpha value is -3.72. The van der Waals surface area contributed by atoms with Crippen LogP contribution in [-0.2, 0) is 9.84 Å². The fourth-order valence-electron chi connectivity index (χ4n) is 2.91. The Kier molecular flexibility index (Phi) is 5.20. The van der Waals surface area contributed by atoms with Crippen molar-refractivity contribution in [1.29, 1.82) is 0 Å². The molecule has 2 aromatic heterocycles. The van der Waals surface area contributed by atoms with Crippen molar-refractivity contribution in [2.24, 2.45) is 0 Å². The summed E-state index contributed by atoms with van der Waals surface area (Å²) in [6.45, 7) is 0. The van der Waals surface area contributed by atoms with Crippen LogP contribution in [-0.4, -0.2) is 42.6 Å². The van der Waals surface area contributed by atoms with Crippen molar-refractivity contribution in [3.8, 4) is 34.0 Å². The fraction of sp³-hybridized carbons (Fsp3) is 0.0952. The molecule has 0 fully saturated rings. The van der Waals surface area contributed by atoms with Crippen LogP contribution in [0.1, 0.15) is 0 Å². The van der Waals surface area contributed by atoms with Gasteiger partial charge < -0.3 is 14.5 Å². The van der Waals surface area contributed by atoms with E-state index in [4.69, 9.17) is 9.47 Å². The number of nitrogens with zero attached hydrogens (tertiary/aromatic N) is 3. The minimum atomic E-state index is -4.02. The molecule has 0 aliphatic heterocycles. The Balaban J connectivity index is 1.88. The van der Waals surface area contributed by atoms with Crippen molar-refractivity contribution in [1.82, 2.24) is 19.9 Å². The van der Waals surface area contributed by atoms with Crippen molar-refractivity contribution in [3.63, 3.8) is 0 Å². The zero-order valence-corrected chi connectivity index (χ0v) is 17.1. The predicted octanol–water partition coefficient (Wildman–Crippen LogP) is 3.38. The largest absolute Gasteiger partial charge is 0.497 e. The summed E-state index contributed by atoms with van der Waals surface area (Å²) in [6, 6.07) is 16.0. The third-order valence-electron chi connectivity index (χ3n) is 4.46. The van der Waals surface area contributed by atoms with Crippen LogP contribution in [0.3, 0.4) is 0 Å². The second-order valence-electron chi connectivity index (χ2n) is 6.26. The molecular weight excluding hydrogens is 404 g/mol. The fourth-order valence-corrected chi connectivity index (χ4v) is 3.93. The average molecular weight is 422 g/mol. The standard InChI is InChI=1S/C21H18N4O4S/c1-28-16-8-4-14(5-9-16)18-19(15-6-10-17(29-2)11-7-15)25-21(24-18)30(26,27)20-22-12-3-13-23-20/h3-13H,1-2H3,(H,24,25). The van der Waals surface area contributed by atoms with Gasteiger partial charge in [-0.05, 0) is 54.6 Å². The highest BCUT2D eigenvalue weighted by molar-refractivity contribution is 7.91. The Morgan fingerprint density at radius 3 is 1.87 bits per heavy atom. The Morgan fingerprint density at radius 2 is 1.33 bits per heavy atom. The molecule has 4 rings (SSSR count). The maximum Gasteiger partial charge on any atom is 0.275 e. The lowest BCUT2D eigenvalue weighted by Gasteiger charge is -2.06. The molecule has 0 aliphatic rings. The predicted molar refractivity (Wildman–Crippen MR) is 110 cm³/mol. The van der Waals surface area contributed by atoms with Gasteiger partial charge in [0.25, 0.3) is 15.0 Å². The molecule has 0 saturated carbocycles. The number of hydrogen-bond donors (Lipinski definition) is 1. The lowest BCUT2D eigenvalue weighted by molar-refractivity contribution is 0.414. The molecule has 4 aromatic rings. The monoisotopic (exact) mass is 422 g/mol. The number of H-pyrrole nitrogens is 1. The van der Waals surface area contributed by atoms with Crippen LogP contribution < -0.4 is 9.47 Å². The summed E-state index contributed by atoms with van der Waals surface area (Å²) >= 11 is 0. The van der Waals surface area contributed by atoms with Crippen molar-refractivity contribution >= 4 is 9.84 Å². The van der Waals surface area contributed by atoms with Gasteiger partial charge in [0.05, 0.1) is 25.6 Å². The molecule has 0 radical (unpaired) electrons. The van der Waals surface area contributed by atoms with Crippen LogP contribution in [0.2, 0.25) is 0 Å². The molecule has 0 atom stereocenters. The summed E-state index contributed by atoms with van der Waals surface area (Å²) in [6.07, 6.45) is 2.75. The number of nitrogens with one attached hydrogen (secondary N) is 1. The van der Waals surface area contributed by atoms with Gasteiger partial charge in [-0.2, -0.15) is 0 Å². The van der Waals surface area contributed by atoms with Gasteiger partial charge in [0, 0.05) is 23.5 Å². The van der Waals surface area contributed by atoms with E-state index in [1.54, 1.807) is 44.6 Å². The second-order valence-corrected chi connectivity index (χ2v) is 8.02. The van der Waals surface area contributed by atoms with Gasteiger partial charge in [0.1, 0.15) is 11.5 Å². The summed E-state index contributed by atoms with van der Waals surface area (Å²) in [5.74, 6) is 1.38. The quantitative estimate of drug-likeness (QED) is 0.475. The smallest absolute Gasteiger partial charge is 0.275 e. The summed E-state index contributed by atoms with van der Waals surface area (Å²) < 4.78 is 36.4. The van der Waals surface area contributed by atoms with Crippen LogP contribution in [0, 0.1) is 0 Å². The summed E-state index contributed by atoms with van der Waals surface area (Å²) in [7, 11) is -0.858. The summed E-state index contributed by atoms with van der Waals surface area (Å²) in [4.78, 5) is 15.1. The molecule has 0 amide bonds. The van der Waals surface area contributed by atoms with Crippen molar-refractivity contribution in [2.45, 2.75) is 10.3 Å². The number of rotatable bonds is 6. The Labute approximate surface area is 173 Å². The second kappa shape index (κ2) is 7.96. The van der Waals surface area contributed by atoms with Crippen molar-refractivity contribution < 1.29 is 17.9 Å². The number of hydrogen-bond acceptors (Lipinski definition) is 7. The van der Waals surface area contributed by atoms with Crippen LogP contribution in [0.4, 0.5) is 0 Å². The van der Waals surface area contributed by atoms with E-state index in [0.29, 0.717) is 22.9 Å². The summed E-state index contributed by atoms with van der Waals surface area (Å²) in [5, 5.41) is -0.549. The van der Waals surface area contributed by atoms with Gasteiger partial charge in [-0.15, -0.1) is 0 Å². The lowest BCUT2D eigenvalue weighted by Crippen LogP contribution is -2.08. The first-order chi connectivity index (χ1) is 14.5. The molecule has 0 saturated heterocycles. The molecule has 8 nitrogen and oxygen atoms in total. The number of imidazole rings is 1. The van der Waals surface area contributed by atoms with E-state index in [1.807, 2.05) is 24.3 Å². The summed E-state index contributed by atoms with van der Waals surface area (Å²) in [5.41, 5.74) is 2.52. The third kappa shape index (κ3) is 3.62. The lowest BCUT2D eigenvalue weighted by atomic mass is 10.0. The van der Waals surface area contributed by atoms with Crippen LogP contribution in [0.15, 0.2) is 77.3 Å². The molecule has 30 heavy (non-hydrogen) atoms. The highest BCUT2D eigenvalue weighted by Crippen LogP contribution is 2.33. The highest BCUT2D eigenvalue weighted by Gasteiger charge is 2.27. The SMILES string of the molecule is COc1ccc(-c2nc(S(=O)(=O)c3ncccn3)[nH]c2-c2ccc(OC)cc2)cc1. The van der Waals surface area contributed by atoms with E-state index in [-0.39, 0.29) is 10.3 Å². The zero-order chi connectivity index (χ0) is 21.1. The van der Waals surface area contributed by atoms with Crippen molar-refractivity contribution in [3.05, 3.63) is 67.0 Å². The molecule has 1 N–H and O–H groups in total. The number of aromatic nitrogens is 4. The van der Waals surface area contributed by atoms with Gasteiger partial charge in [-0.1, -0.05) is 0 Å². The number of aromatic amines is 1. The van der Waals surface area contributed by atoms with E-state index < -0.39 is 9.84 Å². The first kappa shape index (κ1) is 19.6. The van der Waals surface area contributed by atoms with Gasteiger partial charge in [0.2, 0.25) is 5.16 Å². The van der Waals surface area contributed by atoms with Gasteiger partial charge in [-0.25, -0.2) is 23.4 Å². The maximum absolute atomic E-state index is 13.0. The topological polar surface area (TPSA) is 107 Å². The van der Waals surface area contributed by atoms with E-state index in [2.05, 4.69) is 19.9 Å². The number of ether oxygens (including phenoxy) is 2. The van der Waals surface area contributed by atoms with Crippen LogP contribution >= 0.6 is 0 Å². The van der Waals surface area contributed by atoms with E-state index in [1.165, 1.54) is 12.4 Å². The van der Waals surface area contributed by atoms with Gasteiger partial charge in [-0.3, -0.25) is 0 Å². The van der Waals surface area contributed by atoms with Crippen LogP contribution in [0.25, 0.3) is 22.5 Å². The van der Waals surface area contributed by atoms with Crippen molar-refractivity contribution in [2.75, 3.05) is 14.2 Å². The number of methoxy groups -OCH3 is 2. The molecular formula is C21H18N4O4S. The number of benzene rings is 2. The number of sulfone groups is 1. The molecule has 0 unspecified atom stereocenters. The maximum atomic E-state index is 13.0. The minimum absolute atomic E-state index is 0.231. The highest BCUT2D eigenvalue weighted by atomic mass is 32.2. The molecule has 9 heteroatoms. The minimum Gasteiger partial charge on any atom is -0.497 e. The Morgan fingerprint density at radius 1 is 0.800 bits per heavy atom. The third-order valence-corrected chi connectivity index (χ3v) is 5.86. The molecule has 152 valence electrons. The first-order valence-electron chi connectivity index (χ1n) is 8.94. The normalized spacial score (nSPS) is 11.3. The van der Waals surface area contributed by atoms with E-state index >= 15 is 0 Å². The molecule has 0 spiro atoms. The van der Waals surface area contributed by atoms with E-state index in [0.717, 1.165) is 11.1 Å².